The number of rotatable bonds is 6. The summed E-state index contributed by atoms with van der Waals surface area (Å²) in [5.41, 5.74) is 4.06. The fourth-order valence-corrected chi connectivity index (χ4v) is 3.84. The lowest BCUT2D eigenvalue weighted by molar-refractivity contribution is -0.125. The molecule has 0 aliphatic carbocycles. The van der Waals surface area contributed by atoms with Crippen LogP contribution in [0.5, 0.6) is 0 Å². The van der Waals surface area contributed by atoms with Crippen LogP contribution < -0.4 is 5.32 Å². The van der Waals surface area contributed by atoms with Crippen LogP contribution in [0.2, 0.25) is 0 Å². The average Bonchev–Trinajstić information content (AvgIpc) is 3.14. The quantitative estimate of drug-likeness (QED) is 0.784. The molecular weight excluding hydrogens is 352 g/mol. The van der Waals surface area contributed by atoms with Crippen LogP contribution in [0.1, 0.15) is 33.0 Å². The van der Waals surface area contributed by atoms with Crippen LogP contribution in [0.15, 0.2) is 48.5 Å². The number of carbonyl (C=O) groups excluding carboxylic acids is 2. The first kappa shape index (κ1) is 20.1. The summed E-state index contributed by atoms with van der Waals surface area (Å²) in [5, 5.41) is 2.95. The Morgan fingerprint density at radius 1 is 1.07 bits per heavy atom. The van der Waals surface area contributed by atoms with Crippen molar-refractivity contribution in [1.29, 1.82) is 0 Å². The number of nitrogens with one attached hydrogen (secondary N) is 1. The Hall–Kier alpha value is -2.66. The van der Waals surface area contributed by atoms with Crippen LogP contribution in [0.4, 0.5) is 0 Å². The Labute approximate surface area is 166 Å². The van der Waals surface area contributed by atoms with E-state index in [0.717, 1.165) is 16.7 Å². The lowest BCUT2D eigenvalue weighted by atomic mass is 9.86. The maximum Gasteiger partial charge on any atom is 0.253 e. The molecule has 1 aliphatic heterocycles. The molecule has 1 N–H and O–H groups in total. The van der Waals surface area contributed by atoms with Gasteiger partial charge in [-0.15, -0.1) is 0 Å². The molecule has 5 heteroatoms. The van der Waals surface area contributed by atoms with Gasteiger partial charge in [-0.3, -0.25) is 9.59 Å². The number of carbonyl (C=O) groups is 2. The molecule has 1 heterocycles. The summed E-state index contributed by atoms with van der Waals surface area (Å²) in [6.45, 7) is 5.96. The van der Waals surface area contributed by atoms with Gasteiger partial charge in [0.25, 0.3) is 5.91 Å². The Morgan fingerprint density at radius 2 is 1.79 bits per heavy atom. The zero-order valence-electron chi connectivity index (χ0n) is 16.8. The molecule has 0 radical (unpaired) electrons. The van der Waals surface area contributed by atoms with E-state index in [1.807, 2.05) is 48.2 Å². The number of nitrogens with zero attached hydrogens (tertiary/aromatic N) is 1. The molecule has 5 nitrogen and oxygen atoms in total. The van der Waals surface area contributed by atoms with Gasteiger partial charge < -0.3 is 15.0 Å². The second-order valence-electron chi connectivity index (χ2n) is 7.43. The Morgan fingerprint density at radius 3 is 2.46 bits per heavy atom. The van der Waals surface area contributed by atoms with E-state index in [9.17, 15) is 9.59 Å². The minimum atomic E-state index is -0.271. The molecule has 0 bridgehead atoms. The van der Waals surface area contributed by atoms with E-state index in [2.05, 4.69) is 24.4 Å². The summed E-state index contributed by atoms with van der Waals surface area (Å²) in [6, 6.07) is 15.7. The van der Waals surface area contributed by atoms with Gasteiger partial charge in [0.1, 0.15) is 0 Å². The standard InChI is InChI=1S/C23H28N2O3/c1-16-8-10-18(11-9-16)23(27)25-14-20(19-7-5-4-6-17(19)2)21(15-25)22(26)24-12-13-28-3/h4-11,20-21H,12-15H2,1-3H3,(H,24,26)/t20-,21-/m1/s1. The number of methoxy groups -OCH3 is 1. The van der Waals surface area contributed by atoms with Crippen LogP contribution in [-0.2, 0) is 9.53 Å². The van der Waals surface area contributed by atoms with Crippen LogP contribution in [-0.4, -0.2) is 50.1 Å². The highest BCUT2D eigenvalue weighted by Gasteiger charge is 2.40. The van der Waals surface area contributed by atoms with Crippen LogP contribution in [0.25, 0.3) is 0 Å². The molecule has 0 spiro atoms. The summed E-state index contributed by atoms with van der Waals surface area (Å²) < 4.78 is 5.03. The lowest BCUT2D eigenvalue weighted by Crippen LogP contribution is -2.37. The third-order valence-electron chi connectivity index (χ3n) is 5.44. The summed E-state index contributed by atoms with van der Waals surface area (Å²) in [5.74, 6) is -0.333. The first-order valence-electron chi connectivity index (χ1n) is 9.69. The predicted octanol–water partition coefficient (Wildman–Crippen LogP) is 2.92. The number of aryl methyl sites for hydroxylation is 2. The van der Waals surface area contributed by atoms with E-state index >= 15 is 0 Å². The van der Waals surface area contributed by atoms with Crippen molar-refractivity contribution in [3.05, 3.63) is 70.8 Å². The molecule has 28 heavy (non-hydrogen) atoms. The van der Waals surface area contributed by atoms with Gasteiger partial charge >= 0.3 is 0 Å². The summed E-state index contributed by atoms with van der Waals surface area (Å²) in [6.07, 6.45) is 0. The molecule has 3 rings (SSSR count). The number of benzene rings is 2. The Bertz CT molecular complexity index is 832. The van der Waals surface area contributed by atoms with E-state index in [1.54, 1.807) is 7.11 Å². The van der Waals surface area contributed by atoms with Gasteiger partial charge in [-0.1, -0.05) is 42.0 Å². The van der Waals surface area contributed by atoms with E-state index in [4.69, 9.17) is 4.74 Å². The SMILES string of the molecule is COCCNC(=O)[C@@H]1CN(C(=O)c2ccc(C)cc2)C[C@@H]1c1ccccc1C. The number of hydrogen-bond acceptors (Lipinski definition) is 3. The van der Waals surface area contributed by atoms with Gasteiger partial charge in [-0.25, -0.2) is 0 Å². The molecule has 148 valence electrons. The zero-order valence-corrected chi connectivity index (χ0v) is 16.8. The maximum atomic E-state index is 13.0. The molecule has 2 aromatic rings. The second kappa shape index (κ2) is 9.02. The van der Waals surface area contributed by atoms with Gasteiger partial charge in [0.05, 0.1) is 12.5 Å². The van der Waals surface area contributed by atoms with Gasteiger partial charge in [0, 0.05) is 38.2 Å². The number of amides is 2. The number of hydrogen-bond donors (Lipinski definition) is 1. The monoisotopic (exact) mass is 380 g/mol. The van der Waals surface area contributed by atoms with Crippen molar-refractivity contribution in [3.63, 3.8) is 0 Å². The van der Waals surface area contributed by atoms with E-state index < -0.39 is 0 Å². The van der Waals surface area contributed by atoms with Gasteiger partial charge in [0.2, 0.25) is 5.91 Å². The molecule has 0 saturated carbocycles. The fourth-order valence-electron chi connectivity index (χ4n) is 3.84. The molecule has 1 aliphatic rings. The molecule has 2 amide bonds. The Kier molecular flexibility index (Phi) is 6.47. The summed E-state index contributed by atoms with van der Waals surface area (Å²) in [7, 11) is 1.61. The van der Waals surface area contributed by atoms with Crippen LogP contribution >= 0.6 is 0 Å². The van der Waals surface area contributed by atoms with Crippen molar-refractivity contribution in [2.75, 3.05) is 33.4 Å². The topological polar surface area (TPSA) is 58.6 Å². The molecule has 1 fully saturated rings. The highest BCUT2D eigenvalue weighted by Crippen LogP contribution is 2.35. The minimum absolute atomic E-state index is 0.0156. The highest BCUT2D eigenvalue weighted by molar-refractivity contribution is 5.95. The highest BCUT2D eigenvalue weighted by atomic mass is 16.5. The van der Waals surface area contributed by atoms with Crippen LogP contribution in [0, 0.1) is 19.8 Å². The zero-order chi connectivity index (χ0) is 20.1. The van der Waals surface area contributed by atoms with Gasteiger partial charge in [-0.2, -0.15) is 0 Å². The van der Waals surface area contributed by atoms with E-state index in [0.29, 0.717) is 31.8 Å². The van der Waals surface area contributed by atoms with Crippen molar-refractivity contribution in [2.24, 2.45) is 5.92 Å². The Balaban J connectivity index is 1.83. The van der Waals surface area contributed by atoms with Gasteiger partial charge in [-0.05, 0) is 37.1 Å². The molecule has 2 atom stereocenters. The second-order valence-corrected chi connectivity index (χ2v) is 7.43. The van der Waals surface area contributed by atoms with Crippen LogP contribution in [0.3, 0.4) is 0 Å². The first-order valence-corrected chi connectivity index (χ1v) is 9.69. The average molecular weight is 380 g/mol. The molecule has 0 aromatic heterocycles. The number of ether oxygens (including phenoxy) is 1. The molecule has 2 aromatic carbocycles. The van der Waals surface area contributed by atoms with Crippen molar-refractivity contribution in [1.82, 2.24) is 10.2 Å². The van der Waals surface area contributed by atoms with E-state index in [-0.39, 0.29) is 23.7 Å². The largest absolute Gasteiger partial charge is 0.383 e. The minimum Gasteiger partial charge on any atom is -0.383 e. The normalized spacial score (nSPS) is 18.9. The predicted molar refractivity (Wildman–Crippen MR) is 109 cm³/mol. The van der Waals surface area contributed by atoms with E-state index in [1.165, 1.54) is 0 Å². The summed E-state index contributed by atoms with van der Waals surface area (Å²) >= 11 is 0. The number of likely N-dealkylation sites (tertiary alicyclic amines) is 1. The van der Waals surface area contributed by atoms with Gasteiger partial charge in [0.15, 0.2) is 0 Å². The lowest BCUT2D eigenvalue weighted by Gasteiger charge is -2.19. The molecular formula is C23H28N2O3. The first-order chi connectivity index (χ1) is 13.5. The fraction of sp³-hybridized carbons (Fsp3) is 0.391. The molecule has 1 saturated heterocycles. The third-order valence-corrected chi connectivity index (χ3v) is 5.44. The smallest absolute Gasteiger partial charge is 0.253 e. The maximum absolute atomic E-state index is 13.0. The van der Waals surface area contributed by atoms with Crippen molar-refractivity contribution >= 4 is 11.8 Å². The van der Waals surface area contributed by atoms with Crippen molar-refractivity contribution in [3.8, 4) is 0 Å². The molecule has 0 unspecified atom stereocenters. The third kappa shape index (κ3) is 4.42. The summed E-state index contributed by atoms with van der Waals surface area (Å²) in [4.78, 5) is 27.7. The van der Waals surface area contributed by atoms with Crippen molar-refractivity contribution < 1.29 is 14.3 Å². The van der Waals surface area contributed by atoms with Crippen molar-refractivity contribution in [2.45, 2.75) is 19.8 Å².